The molecule has 22 heavy (non-hydrogen) atoms. The minimum atomic E-state index is -0.290. The van der Waals surface area contributed by atoms with Crippen molar-refractivity contribution in [2.75, 3.05) is 13.2 Å². The zero-order chi connectivity index (χ0) is 15.5. The molecule has 0 saturated heterocycles. The van der Waals surface area contributed by atoms with E-state index in [2.05, 4.69) is 0 Å². The molecule has 0 bridgehead atoms. The van der Waals surface area contributed by atoms with Crippen LogP contribution in [0.25, 0.3) is 0 Å². The second-order valence-electron chi connectivity index (χ2n) is 5.45. The zero-order valence-electron chi connectivity index (χ0n) is 12.5. The van der Waals surface area contributed by atoms with E-state index in [4.69, 9.17) is 4.74 Å². The van der Waals surface area contributed by atoms with E-state index in [1.54, 1.807) is 12.1 Å². The molecular formula is C18H18FNO2. The number of halogens is 1. The van der Waals surface area contributed by atoms with Crippen LogP contribution >= 0.6 is 0 Å². The lowest BCUT2D eigenvalue weighted by Gasteiger charge is -2.27. The molecule has 0 aliphatic carbocycles. The van der Waals surface area contributed by atoms with Crippen molar-refractivity contribution in [3.05, 3.63) is 65.5 Å². The van der Waals surface area contributed by atoms with Crippen LogP contribution in [-0.2, 0) is 11.2 Å². The number of para-hydroxylation sites is 1. The van der Waals surface area contributed by atoms with E-state index in [1.165, 1.54) is 12.1 Å². The van der Waals surface area contributed by atoms with Gasteiger partial charge in [-0.25, -0.2) is 4.39 Å². The highest BCUT2D eigenvalue weighted by Gasteiger charge is 2.26. The van der Waals surface area contributed by atoms with Crippen molar-refractivity contribution in [1.29, 1.82) is 0 Å². The molecule has 114 valence electrons. The van der Waals surface area contributed by atoms with Crippen LogP contribution in [0, 0.1) is 5.82 Å². The average molecular weight is 299 g/mol. The average Bonchev–Trinajstić information content (AvgIpc) is 2.69. The minimum Gasteiger partial charge on any atom is -0.491 e. The molecule has 1 aliphatic heterocycles. The van der Waals surface area contributed by atoms with Gasteiger partial charge in [0.2, 0.25) is 5.91 Å². The Morgan fingerprint density at radius 1 is 1.23 bits per heavy atom. The summed E-state index contributed by atoms with van der Waals surface area (Å²) in [4.78, 5) is 14.4. The van der Waals surface area contributed by atoms with Crippen LogP contribution in [0.15, 0.2) is 48.5 Å². The highest BCUT2D eigenvalue weighted by atomic mass is 19.1. The Bertz CT molecular complexity index is 669. The van der Waals surface area contributed by atoms with Crippen molar-refractivity contribution in [2.45, 2.75) is 19.4 Å². The minimum absolute atomic E-state index is 0.0272. The summed E-state index contributed by atoms with van der Waals surface area (Å²) in [5.41, 5.74) is 1.84. The van der Waals surface area contributed by atoms with E-state index in [0.717, 1.165) is 16.9 Å². The number of benzene rings is 2. The molecule has 0 fully saturated rings. The van der Waals surface area contributed by atoms with Gasteiger partial charge < -0.3 is 9.64 Å². The van der Waals surface area contributed by atoms with Gasteiger partial charge in [0.25, 0.3) is 0 Å². The summed E-state index contributed by atoms with van der Waals surface area (Å²) in [6.07, 6.45) is 0.271. The van der Waals surface area contributed by atoms with Gasteiger partial charge in [0, 0.05) is 5.56 Å². The summed E-state index contributed by atoms with van der Waals surface area (Å²) in [5.74, 6) is 0.577. The van der Waals surface area contributed by atoms with Gasteiger partial charge in [0.05, 0.1) is 19.0 Å². The lowest BCUT2D eigenvalue weighted by atomic mass is 10.0. The van der Waals surface area contributed by atoms with Crippen molar-refractivity contribution in [3.8, 4) is 5.75 Å². The van der Waals surface area contributed by atoms with Crippen molar-refractivity contribution < 1.29 is 13.9 Å². The summed E-state index contributed by atoms with van der Waals surface area (Å²) in [6, 6.07) is 13.8. The zero-order valence-corrected chi connectivity index (χ0v) is 12.5. The van der Waals surface area contributed by atoms with Crippen LogP contribution in [-0.4, -0.2) is 24.0 Å². The Kier molecular flexibility index (Phi) is 4.09. The van der Waals surface area contributed by atoms with E-state index in [9.17, 15) is 9.18 Å². The lowest BCUT2D eigenvalue weighted by molar-refractivity contribution is -0.132. The van der Waals surface area contributed by atoms with Crippen LogP contribution < -0.4 is 4.74 Å². The third-order valence-corrected chi connectivity index (χ3v) is 4.02. The molecular weight excluding hydrogens is 281 g/mol. The Labute approximate surface area is 129 Å². The molecule has 0 spiro atoms. The second kappa shape index (κ2) is 6.18. The Hall–Kier alpha value is -2.36. The molecule has 2 aromatic carbocycles. The fourth-order valence-corrected chi connectivity index (χ4v) is 2.79. The molecule has 3 nitrogen and oxygen atoms in total. The van der Waals surface area contributed by atoms with Crippen molar-refractivity contribution >= 4 is 5.91 Å². The number of carbonyl (C=O) groups is 1. The molecule has 1 aliphatic rings. The predicted octanol–water partition coefficient (Wildman–Crippen LogP) is 3.35. The van der Waals surface area contributed by atoms with Gasteiger partial charge in [0.1, 0.15) is 18.2 Å². The molecule has 0 aromatic heterocycles. The normalized spacial score (nSPS) is 17.4. The van der Waals surface area contributed by atoms with Gasteiger partial charge >= 0.3 is 0 Å². The number of fused-ring (bicyclic) bond motifs is 1. The first-order valence-electron chi connectivity index (χ1n) is 7.41. The van der Waals surface area contributed by atoms with Gasteiger partial charge in [-0.1, -0.05) is 30.3 Å². The maximum absolute atomic E-state index is 12.9. The maximum Gasteiger partial charge on any atom is 0.227 e. The van der Waals surface area contributed by atoms with Crippen LogP contribution in [0.2, 0.25) is 0 Å². The molecule has 1 unspecified atom stereocenters. The van der Waals surface area contributed by atoms with Crippen molar-refractivity contribution in [3.63, 3.8) is 0 Å². The Morgan fingerprint density at radius 2 is 1.95 bits per heavy atom. The fraction of sp³-hybridized carbons (Fsp3) is 0.278. The van der Waals surface area contributed by atoms with Gasteiger partial charge in [-0.3, -0.25) is 4.79 Å². The summed E-state index contributed by atoms with van der Waals surface area (Å²) in [5, 5.41) is 0. The number of hydrogen-bond donors (Lipinski definition) is 0. The number of hydrogen-bond acceptors (Lipinski definition) is 2. The largest absolute Gasteiger partial charge is 0.491 e. The molecule has 3 rings (SSSR count). The van der Waals surface area contributed by atoms with Crippen molar-refractivity contribution in [1.82, 2.24) is 4.90 Å². The van der Waals surface area contributed by atoms with E-state index < -0.39 is 0 Å². The van der Waals surface area contributed by atoms with Gasteiger partial charge in [-0.2, -0.15) is 0 Å². The SMILES string of the molecule is CC1c2ccccc2OCCN1C(=O)Cc1ccc(F)cc1. The summed E-state index contributed by atoms with van der Waals surface area (Å²) in [6.45, 7) is 3.04. The molecule has 0 saturated carbocycles. The molecule has 1 amide bonds. The first-order valence-corrected chi connectivity index (χ1v) is 7.41. The maximum atomic E-state index is 12.9. The standard InChI is InChI=1S/C18H18FNO2/c1-13-16-4-2-3-5-17(16)22-11-10-20(13)18(21)12-14-6-8-15(19)9-7-14/h2-9,13H,10-12H2,1H3. The van der Waals surface area contributed by atoms with E-state index >= 15 is 0 Å². The lowest BCUT2D eigenvalue weighted by Crippen LogP contribution is -2.36. The predicted molar refractivity (Wildman–Crippen MR) is 82.2 cm³/mol. The highest BCUT2D eigenvalue weighted by Crippen LogP contribution is 2.31. The molecule has 0 radical (unpaired) electrons. The van der Waals surface area contributed by atoms with Crippen molar-refractivity contribution in [2.24, 2.45) is 0 Å². The number of ether oxygens (including phenoxy) is 1. The fourth-order valence-electron chi connectivity index (χ4n) is 2.79. The number of amides is 1. The summed E-state index contributed by atoms with van der Waals surface area (Å²) in [7, 11) is 0. The third kappa shape index (κ3) is 2.96. The van der Waals surface area contributed by atoms with E-state index in [0.29, 0.717) is 13.2 Å². The topological polar surface area (TPSA) is 29.5 Å². The highest BCUT2D eigenvalue weighted by molar-refractivity contribution is 5.79. The van der Waals surface area contributed by atoms with Gasteiger partial charge in [-0.05, 0) is 30.7 Å². The van der Waals surface area contributed by atoms with Crippen LogP contribution in [0.3, 0.4) is 0 Å². The Morgan fingerprint density at radius 3 is 2.73 bits per heavy atom. The number of rotatable bonds is 2. The monoisotopic (exact) mass is 299 g/mol. The third-order valence-electron chi connectivity index (χ3n) is 4.02. The van der Waals surface area contributed by atoms with Gasteiger partial charge in [-0.15, -0.1) is 0 Å². The number of carbonyl (C=O) groups excluding carboxylic acids is 1. The molecule has 1 heterocycles. The number of nitrogens with zero attached hydrogens (tertiary/aromatic N) is 1. The molecule has 1 atom stereocenters. The van der Waals surface area contributed by atoms with E-state index in [1.807, 2.05) is 36.1 Å². The van der Waals surface area contributed by atoms with Gasteiger partial charge in [0.15, 0.2) is 0 Å². The van der Waals surface area contributed by atoms with E-state index in [-0.39, 0.29) is 24.2 Å². The first kappa shape index (κ1) is 14.6. The Balaban J connectivity index is 1.79. The quantitative estimate of drug-likeness (QED) is 0.851. The summed E-state index contributed by atoms with van der Waals surface area (Å²) >= 11 is 0. The smallest absolute Gasteiger partial charge is 0.227 e. The molecule has 0 N–H and O–H groups in total. The first-order chi connectivity index (χ1) is 10.6. The summed E-state index contributed by atoms with van der Waals surface area (Å²) < 4.78 is 18.7. The second-order valence-corrected chi connectivity index (χ2v) is 5.45. The van der Waals surface area contributed by atoms with Crippen LogP contribution in [0.5, 0.6) is 5.75 Å². The van der Waals surface area contributed by atoms with Crippen LogP contribution in [0.4, 0.5) is 4.39 Å². The molecule has 2 aromatic rings. The van der Waals surface area contributed by atoms with Crippen LogP contribution in [0.1, 0.15) is 24.1 Å². The molecule has 4 heteroatoms.